The van der Waals surface area contributed by atoms with Crippen molar-refractivity contribution in [2.75, 3.05) is 0 Å². The van der Waals surface area contributed by atoms with E-state index in [9.17, 15) is 20.1 Å². The largest absolute Gasteiger partial charge is 0.507 e. The SMILES string of the molecule is CC1(O)Cc2cc(O)c(=O)cc(O)c2CO1. The van der Waals surface area contributed by atoms with Gasteiger partial charge < -0.3 is 20.1 Å². The van der Waals surface area contributed by atoms with E-state index in [4.69, 9.17) is 4.74 Å². The van der Waals surface area contributed by atoms with Gasteiger partial charge in [0.2, 0.25) is 5.43 Å². The maximum atomic E-state index is 11.2. The van der Waals surface area contributed by atoms with E-state index in [-0.39, 0.29) is 18.8 Å². The molecule has 0 spiro atoms. The van der Waals surface area contributed by atoms with Crippen LogP contribution in [0.1, 0.15) is 18.1 Å². The zero-order valence-electron chi connectivity index (χ0n) is 8.73. The van der Waals surface area contributed by atoms with Crippen LogP contribution in [0.2, 0.25) is 0 Å². The Morgan fingerprint density at radius 1 is 1.31 bits per heavy atom. The first-order chi connectivity index (χ1) is 7.39. The van der Waals surface area contributed by atoms with Gasteiger partial charge in [0.25, 0.3) is 0 Å². The standard InChI is InChI=1S/C11H12O5/c1-11(15)4-6-2-9(13)10(14)3-8(12)7(6)5-16-11/h2-3,12,15H,4-5H2,1H3,(H,13,14). The highest BCUT2D eigenvalue weighted by Gasteiger charge is 2.29. The Labute approximate surface area is 91.6 Å². The smallest absolute Gasteiger partial charge is 0.223 e. The van der Waals surface area contributed by atoms with Gasteiger partial charge in [0.1, 0.15) is 5.75 Å². The summed E-state index contributed by atoms with van der Waals surface area (Å²) in [7, 11) is 0. The Hall–Kier alpha value is -1.59. The third kappa shape index (κ3) is 1.87. The lowest BCUT2D eigenvalue weighted by atomic mass is 9.99. The van der Waals surface area contributed by atoms with Gasteiger partial charge in [-0.15, -0.1) is 0 Å². The molecule has 1 unspecified atom stereocenters. The molecule has 1 aromatic rings. The molecule has 0 amide bonds. The molecule has 0 saturated heterocycles. The van der Waals surface area contributed by atoms with E-state index in [1.54, 1.807) is 0 Å². The Morgan fingerprint density at radius 2 is 2.00 bits per heavy atom. The molecular formula is C11H12O5. The molecule has 0 aliphatic carbocycles. The van der Waals surface area contributed by atoms with E-state index >= 15 is 0 Å². The van der Waals surface area contributed by atoms with Crippen molar-refractivity contribution in [2.45, 2.75) is 25.7 Å². The molecule has 0 aromatic heterocycles. The van der Waals surface area contributed by atoms with Crippen molar-refractivity contribution >= 4 is 0 Å². The molecule has 3 N–H and O–H groups in total. The molecule has 1 heterocycles. The van der Waals surface area contributed by atoms with Gasteiger partial charge in [0.15, 0.2) is 11.5 Å². The predicted octanol–water partition coefficient (Wildman–Crippen LogP) is 0.239. The van der Waals surface area contributed by atoms with E-state index in [0.717, 1.165) is 6.07 Å². The summed E-state index contributed by atoms with van der Waals surface area (Å²) >= 11 is 0. The summed E-state index contributed by atoms with van der Waals surface area (Å²) in [5, 5.41) is 28.7. The minimum atomic E-state index is -1.34. The van der Waals surface area contributed by atoms with Crippen molar-refractivity contribution < 1.29 is 20.1 Å². The van der Waals surface area contributed by atoms with Crippen LogP contribution in [-0.4, -0.2) is 21.1 Å². The van der Waals surface area contributed by atoms with Crippen LogP contribution >= 0.6 is 0 Å². The lowest BCUT2D eigenvalue weighted by Gasteiger charge is -2.29. The molecule has 86 valence electrons. The topological polar surface area (TPSA) is 87.0 Å². The number of ether oxygens (including phenoxy) is 1. The lowest BCUT2D eigenvalue weighted by Crippen LogP contribution is -2.34. The summed E-state index contributed by atoms with van der Waals surface area (Å²) in [4.78, 5) is 11.2. The third-order valence-corrected chi connectivity index (χ3v) is 2.57. The van der Waals surface area contributed by atoms with Gasteiger partial charge in [0, 0.05) is 18.1 Å². The average Bonchev–Trinajstić information content (AvgIpc) is 2.24. The molecule has 5 nitrogen and oxygen atoms in total. The maximum absolute atomic E-state index is 11.2. The fourth-order valence-electron chi connectivity index (χ4n) is 1.73. The summed E-state index contributed by atoms with van der Waals surface area (Å²) in [6.45, 7) is 1.48. The second kappa shape index (κ2) is 3.47. The number of hydrogen-bond acceptors (Lipinski definition) is 5. The summed E-state index contributed by atoms with van der Waals surface area (Å²) in [5.74, 6) is -2.02. The Kier molecular flexibility index (Phi) is 2.36. The fraction of sp³-hybridized carbons (Fsp3) is 0.364. The molecule has 2 rings (SSSR count). The molecule has 16 heavy (non-hydrogen) atoms. The van der Waals surface area contributed by atoms with E-state index in [0.29, 0.717) is 11.1 Å². The van der Waals surface area contributed by atoms with Crippen molar-refractivity contribution in [1.29, 1.82) is 0 Å². The number of hydrogen-bond donors (Lipinski definition) is 3. The van der Waals surface area contributed by atoms with Gasteiger partial charge >= 0.3 is 0 Å². The third-order valence-electron chi connectivity index (χ3n) is 2.57. The molecule has 1 aromatic carbocycles. The molecule has 0 fully saturated rings. The second-order valence-corrected chi connectivity index (χ2v) is 4.07. The van der Waals surface area contributed by atoms with Crippen LogP contribution < -0.4 is 5.43 Å². The van der Waals surface area contributed by atoms with Crippen molar-refractivity contribution in [3.8, 4) is 11.5 Å². The number of fused-ring (bicyclic) bond motifs is 1. The lowest BCUT2D eigenvalue weighted by molar-refractivity contribution is -0.204. The van der Waals surface area contributed by atoms with Crippen molar-refractivity contribution in [1.82, 2.24) is 0 Å². The quantitative estimate of drug-likeness (QED) is 0.587. The van der Waals surface area contributed by atoms with Crippen LogP contribution in [0, 0.1) is 0 Å². The normalized spacial score (nSPS) is 23.9. The van der Waals surface area contributed by atoms with Gasteiger partial charge in [-0.2, -0.15) is 0 Å². The van der Waals surface area contributed by atoms with Gasteiger partial charge in [-0.05, 0) is 18.6 Å². The molecule has 1 aliphatic rings. The predicted molar refractivity (Wildman–Crippen MR) is 55.2 cm³/mol. The first kappa shape index (κ1) is 10.9. The zero-order valence-corrected chi connectivity index (χ0v) is 8.73. The van der Waals surface area contributed by atoms with Crippen LogP contribution in [0.25, 0.3) is 0 Å². The minimum Gasteiger partial charge on any atom is -0.507 e. The van der Waals surface area contributed by atoms with E-state index < -0.39 is 17.0 Å². The van der Waals surface area contributed by atoms with E-state index in [1.165, 1.54) is 13.0 Å². The highest BCUT2D eigenvalue weighted by Crippen LogP contribution is 2.31. The highest BCUT2D eigenvalue weighted by atomic mass is 16.6. The zero-order chi connectivity index (χ0) is 11.9. The fourth-order valence-corrected chi connectivity index (χ4v) is 1.73. The molecule has 0 saturated carbocycles. The minimum absolute atomic E-state index is 0.00171. The van der Waals surface area contributed by atoms with Crippen molar-refractivity contribution in [3.63, 3.8) is 0 Å². The van der Waals surface area contributed by atoms with Gasteiger partial charge in [0.05, 0.1) is 6.61 Å². The van der Waals surface area contributed by atoms with Gasteiger partial charge in [-0.3, -0.25) is 4.79 Å². The van der Waals surface area contributed by atoms with Gasteiger partial charge in [-0.25, -0.2) is 0 Å². The van der Waals surface area contributed by atoms with Crippen LogP contribution in [0.5, 0.6) is 11.5 Å². The van der Waals surface area contributed by atoms with E-state index in [2.05, 4.69) is 0 Å². The Morgan fingerprint density at radius 3 is 2.69 bits per heavy atom. The summed E-state index contributed by atoms with van der Waals surface area (Å²) < 4.78 is 5.11. The Bertz CT molecular complexity index is 492. The second-order valence-electron chi connectivity index (χ2n) is 4.07. The maximum Gasteiger partial charge on any atom is 0.223 e. The van der Waals surface area contributed by atoms with Crippen LogP contribution in [0.15, 0.2) is 16.9 Å². The molecule has 5 heteroatoms. The average molecular weight is 224 g/mol. The summed E-state index contributed by atoms with van der Waals surface area (Å²) in [6.07, 6.45) is 0.109. The number of rotatable bonds is 0. The number of aromatic hydroxyl groups is 2. The van der Waals surface area contributed by atoms with Crippen LogP contribution in [0.3, 0.4) is 0 Å². The van der Waals surface area contributed by atoms with E-state index in [1.807, 2.05) is 0 Å². The summed E-state index contributed by atoms with van der Waals surface area (Å²) in [6, 6.07) is 2.20. The molecule has 0 radical (unpaired) electrons. The molecule has 1 atom stereocenters. The molecule has 1 aliphatic heterocycles. The highest BCUT2D eigenvalue weighted by molar-refractivity contribution is 5.42. The summed E-state index contributed by atoms with van der Waals surface area (Å²) in [5.41, 5.74) is 0.267. The number of aliphatic hydroxyl groups is 1. The van der Waals surface area contributed by atoms with Crippen LogP contribution in [0.4, 0.5) is 0 Å². The monoisotopic (exact) mass is 224 g/mol. The first-order valence-corrected chi connectivity index (χ1v) is 4.83. The Balaban J connectivity index is 2.66. The molecule has 0 bridgehead atoms. The van der Waals surface area contributed by atoms with Crippen LogP contribution in [-0.2, 0) is 17.8 Å². The first-order valence-electron chi connectivity index (χ1n) is 4.83. The molecular weight excluding hydrogens is 212 g/mol. The van der Waals surface area contributed by atoms with Crippen molar-refractivity contribution in [2.24, 2.45) is 0 Å². The van der Waals surface area contributed by atoms with Crippen molar-refractivity contribution in [3.05, 3.63) is 33.5 Å². The van der Waals surface area contributed by atoms with Gasteiger partial charge in [-0.1, -0.05) is 0 Å².